The molecule has 0 fully saturated rings. The van der Waals surface area contributed by atoms with E-state index in [-0.39, 0.29) is 11.8 Å². The van der Waals surface area contributed by atoms with Crippen LogP contribution in [0.4, 0.5) is 4.39 Å². The van der Waals surface area contributed by atoms with Crippen LogP contribution < -0.4 is 5.73 Å². The van der Waals surface area contributed by atoms with Gasteiger partial charge in [-0.1, -0.05) is 32.0 Å². The van der Waals surface area contributed by atoms with E-state index < -0.39 is 6.17 Å². The summed E-state index contributed by atoms with van der Waals surface area (Å²) in [5.74, 6) is 0.134. The van der Waals surface area contributed by atoms with Gasteiger partial charge in [0.05, 0.1) is 11.2 Å². The van der Waals surface area contributed by atoms with Crippen LogP contribution in [-0.4, -0.2) is 22.5 Å². The first kappa shape index (κ1) is 15.0. The Morgan fingerprint density at radius 1 is 1.30 bits per heavy atom. The average molecular weight is 277 g/mol. The van der Waals surface area contributed by atoms with E-state index in [0.717, 1.165) is 23.1 Å². The molecule has 3 nitrogen and oxygen atoms in total. The third-order valence-corrected chi connectivity index (χ3v) is 4.02. The second-order valence-electron chi connectivity index (χ2n) is 5.64. The van der Waals surface area contributed by atoms with E-state index in [9.17, 15) is 4.39 Å². The molecule has 0 amide bonds. The van der Waals surface area contributed by atoms with Crippen molar-refractivity contribution in [2.75, 3.05) is 6.54 Å². The van der Waals surface area contributed by atoms with Gasteiger partial charge in [-0.3, -0.25) is 4.68 Å². The van der Waals surface area contributed by atoms with Crippen molar-refractivity contribution in [3.63, 3.8) is 0 Å². The lowest BCUT2D eigenvalue weighted by atomic mass is 9.88. The summed E-state index contributed by atoms with van der Waals surface area (Å²) in [5, 5.41) is 5.61. The van der Waals surface area contributed by atoms with Crippen LogP contribution in [0, 0.1) is 11.8 Å². The van der Waals surface area contributed by atoms with Crippen LogP contribution in [-0.2, 0) is 13.0 Å². The zero-order valence-electron chi connectivity index (χ0n) is 12.5. The van der Waals surface area contributed by atoms with Gasteiger partial charge in [0, 0.05) is 24.3 Å². The monoisotopic (exact) mass is 277 g/mol. The zero-order valence-corrected chi connectivity index (χ0v) is 12.5. The third kappa shape index (κ3) is 2.85. The van der Waals surface area contributed by atoms with Gasteiger partial charge in [0.2, 0.25) is 0 Å². The Balaban J connectivity index is 2.29. The molecule has 110 valence electrons. The zero-order chi connectivity index (χ0) is 14.7. The molecule has 4 heteroatoms. The molecule has 2 rings (SSSR count). The summed E-state index contributed by atoms with van der Waals surface area (Å²) in [6.07, 6.45) is -0.600. The van der Waals surface area contributed by atoms with Crippen molar-refractivity contribution in [2.45, 2.75) is 39.9 Å². The lowest BCUT2D eigenvalue weighted by Crippen LogP contribution is -2.30. The number of benzene rings is 1. The summed E-state index contributed by atoms with van der Waals surface area (Å²) in [6, 6.07) is 8.02. The van der Waals surface area contributed by atoms with Crippen LogP contribution >= 0.6 is 0 Å². The fraction of sp³-hybridized carbons (Fsp3) is 0.562. The molecule has 0 saturated heterocycles. The highest BCUT2D eigenvalue weighted by Crippen LogP contribution is 2.25. The van der Waals surface area contributed by atoms with Gasteiger partial charge in [-0.2, -0.15) is 5.10 Å². The van der Waals surface area contributed by atoms with Crippen LogP contribution in [0.2, 0.25) is 0 Å². The number of nitrogens with two attached hydrogens (primary N) is 1. The molecule has 0 bridgehead atoms. The average Bonchev–Trinajstić information content (AvgIpc) is 2.77. The van der Waals surface area contributed by atoms with E-state index in [1.165, 1.54) is 0 Å². The number of nitrogens with zero attached hydrogens (tertiary/aromatic N) is 2. The summed E-state index contributed by atoms with van der Waals surface area (Å²) >= 11 is 0. The number of aromatic nitrogens is 2. The first-order valence-corrected chi connectivity index (χ1v) is 7.37. The molecule has 1 heterocycles. The van der Waals surface area contributed by atoms with Crippen molar-refractivity contribution in [2.24, 2.45) is 17.6 Å². The van der Waals surface area contributed by atoms with Gasteiger partial charge >= 0.3 is 0 Å². The molecule has 20 heavy (non-hydrogen) atoms. The lowest BCUT2D eigenvalue weighted by Gasteiger charge is -2.22. The summed E-state index contributed by atoms with van der Waals surface area (Å²) in [6.45, 7) is 7.26. The Morgan fingerprint density at radius 3 is 2.60 bits per heavy atom. The maximum atomic E-state index is 14.5. The first-order valence-electron chi connectivity index (χ1n) is 7.37. The van der Waals surface area contributed by atoms with Gasteiger partial charge in [0.1, 0.15) is 6.17 Å². The highest BCUT2D eigenvalue weighted by atomic mass is 19.1. The fourth-order valence-corrected chi connectivity index (χ4v) is 2.76. The molecule has 0 aliphatic rings. The van der Waals surface area contributed by atoms with Gasteiger partial charge in [-0.25, -0.2) is 4.39 Å². The summed E-state index contributed by atoms with van der Waals surface area (Å²) < 4.78 is 16.5. The maximum absolute atomic E-state index is 14.5. The minimum Gasteiger partial charge on any atom is -0.330 e. The largest absolute Gasteiger partial charge is 0.330 e. The predicted octanol–water partition coefficient (Wildman–Crippen LogP) is 3.17. The SMILES string of the molecule is CCn1nc(CC(F)C(CN)C(C)C)c2ccccc21. The van der Waals surface area contributed by atoms with Crippen LogP contribution in [0.5, 0.6) is 0 Å². The van der Waals surface area contributed by atoms with Gasteiger partial charge in [0.15, 0.2) is 0 Å². The third-order valence-electron chi connectivity index (χ3n) is 4.02. The summed E-state index contributed by atoms with van der Waals surface area (Å²) in [4.78, 5) is 0. The highest BCUT2D eigenvalue weighted by molar-refractivity contribution is 5.82. The number of aryl methyl sites for hydroxylation is 1. The van der Waals surface area contributed by atoms with Crippen molar-refractivity contribution in [3.05, 3.63) is 30.0 Å². The number of alkyl halides is 1. The topological polar surface area (TPSA) is 43.8 Å². The van der Waals surface area contributed by atoms with Crippen LogP contribution in [0.3, 0.4) is 0 Å². The van der Waals surface area contributed by atoms with Crippen LogP contribution in [0.25, 0.3) is 10.9 Å². The number of para-hydroxylation sites is 1. The second kappa shape index (κ2) is 6.35. The smallest absolute Gasteiger partial charge is 0.110 e. The van der Waals surface area contributed by atoms with E-state index in [4.69, 9.17) is 5.73 Å². The molecule has 0 aliphatic heterocycles. The van der Waals surface area contributed by atoms with E-state index in [2.05, 4.69) is 5.10 Å². The molecule has 1 aromatic carbocycles. The number of fused-ring (bicyclic) bond motifs is 1. The molecule has 2 aromatic rings. The molecule has 0 saturated carbocycles. The van der Waals surface area contributed by atoms with Gasteiger partial charge in [0.25, 0.3) is 0 Å². The molecular formula is C16H24FN3. The Bertz CT molecular complexity index is 562. The van der Waals surface area contributed by atoms with Crippen molar-refractivity contribution in [3.8, 4) is 0 Å². The molecule has 2 N–H and O–H groups in total. The van der Waals surface area contributed by atoms with Crippen molar-refractivity contribution in [1.82, 2.24) is 9.78 Å². The highest BCUT2D eigenvalue weighted by Gasteiger charge is 2.25. The lowest BCUT2D eigenvalue weighted by molar-refractivity contribution is 0.184. The normalized spacial score (nSPS) is 14.9. The van der Waals surface area contributed by atoms with Crippen molar-refractivity contribution in [1.29, 1.82) is 0 Å². The second-order valence-corrected chi connectivity index (χ2v) is 5.64. The molecule has 0 radical (unpaired) electrons. The Labute approximate surface area is 120 Å². The number of halogens is 1. The number of hydrogen-bond donors (Lipinski definition) is 1. The van der Waals surface area contributed by atoms with Gasteiger partial charge in [-0.15, -0.1) is 0 Å². The number of hydrogen-bond acceptors (Lipinski definition) is 2. The standard InChI is InChI=1S/C16H24FN3/c1-4-20-16-8-6-5-7-12(16)15(19-20)9-14(17)13(10-18)11(2)3/h5-8,11,13-14H,4,9-10,18H2,1-3H3. The van der Waals surface area contributed by atoms with Crippen molar-refractivity contribution >= 4 is 10.9 Å². The molecular weight excluding hydrogens is 253 g/mol. The van der Waals surface area contributed by atoms with E-state index in [0.29, 0.717) is 13.0 Å². The molecule has 2 unspecified atom stereocenters. The Morgan fingerprint density at radius 2 is 2.00 bits per heavy atom. The van der Waals surface area contributed by atoms with E-state index in [1.54, 1.807) is 0 Å². The number of rotatable bonds is 6. The summed E-state index contributed by atoms with van der Waals surface area (Å²) in [7, 11) is 0. The van der Waals surface area contributed by atoms with Crippen LogP contribution in [0.1, 0.15) is 26.5 Å². The van der Waals surface area contributed by atoms with Gasteiger partial charge < -0.3 is 5.73 Å². The fourth-order valence-electron chi connectivity index (χ4n) is 2.76. The van der Waals surface area contributed by atoms with Gasteiger partial charge in [-0.05, 0) is 25.5 Å². The molecule has 0 aliphatic carbocycles. The maximum Gasteiger partial charge on any atom is 0.110 e. The van der Waals surface area contributed by atoms with E-state index in [1.807, 2.05) is 49.7 Å². The molecule has 1 aromatic heterocycles. The predicted molar refractivity (Wildman–Crippen MR) is 81.4 cm³/mol. The first-order chi connectivity index (χ1) is 9.58. The minimum absolute atomic E-state index is 0.111. The Kier molecular flexibility index (Phi) is 4.76. The molecule has 0 spiro atoms. The van der Waals surface area contributed by atoms with E-state index >= 15 is 0 Å². The minimum atomic E-state index is -0.941. The Hall–Kier alpha value is -1.42. The van der Waals surface area contributed by atoms with Crippen molar-refractivity contribution < 1.29 is 4.39 Å². The summed E-state index contributed by atoms with van der Waals surface area (Å²) in [5.41, 5.74) is 7.62. The quantitative estimate of drug-likeness (QED) is 0.881. The van der Waals surface area contributed by atoms with Crippen LogP contribution in [0.15, 0.2) is 24.3 Å². The molecule has 2 atom stereocenters.